The van der Waals surface area contributed by atoms with E-state index in [0.29, 0.717) is 0 Å². The minimum Gasteiger partial charge on any atom is -0.349 e. The van der Waals surface area contributed by atoms with Crippen molar-refractivity contribution >= 4 is 31.2 Å². The molecule has 2 nitrogen and oxygen atoms in total. The van der Waals surface area contributed by atoms with Gasteiger partial charge < -0.3 is 5.32 Å². The maximum Gasteiger partial charge on any atom is 0.248 e. The first-order chi connectivity index (χ1) is 4.59. The standard InChI is InChI=1S/C6H11NOS2/c1-2-3-4-6(9,10)5(8)7-4/h4,9-10H,2-3H2,1H3,(H,7,8)/t4-/m0/s1. The zero-order valence-electron chi connectivity index (χ0n) is 5.79. The first-order valence-electron chi connectivity index (χ1n) is 3.34. The van der Waals surface area contributed by atoms with Crippen molar-refractivity contribution in [2.45, 2.75) is 29.9 Å². The molecule has 1 fully saturated rings. The molecule has 1 N–H and O–H groups in total. The summed E-state index contributed by atoms with van der Waals surface area (Å²) >= 11 is 8.24. The van der Waals surface area contributed by atoms with Crippen molar-refractivity contribution in [3.63, 3.8) is 0 Å². The minimum atomic E-state index is -0.712. The van der Waals surface area contributed by atoms with Crippen LogP contribution in [0.15, 0.2) is 0 Å². The number of hydrogen-bond acceptors (Lipinski definition) is 3. The van der Waals surface area contributed by atoms with Crippen LogP contribution < -0.4 is 5.32 Å². The summed E-state index contributed by atoms with van der Waals surface area (Å²) in [5.74, 6) is -0.0717. The molecule has 1 heterocycles. The molecule has 0 aromatic carbocycles. The average Bonchev–Trinajstić information content (AvgIpc) is 1.88. The van der Waals surface area contributed by atoms with Crippen LogP contribution in [-0.2, 0) is 4.79 Å². The summed E-state index contributed by atoms with van der Waals surface area (Å²) < 4.78 is -0.712. The van der Waals surface area contributed by atoms with Crippen LogP contribution in [0.25, 0.3) is 0 Å². The largest absolute Gasteiger partial charge is 0.349 e. The van der Waals surface area contributed by atoms with Crippen molar-refractivity contribution in [3.05, 3.63) is 0 Å². The van der Waals surface area contributed by atoms with Gasteiger partial charge in [-0.1, -0.05) is 13.3 Å². The predicted octanol–water partition coefficient (Wildman–Crippen LogP) is 0.841. The number of rotatable bonds is 2. The molecule has 1 aliphatic rings. The zero-order chi connectivity index (χ0) is 7.78. The van der Waals surface area contributed by atoms with E-state index in [2.05, 4.69) is 37.5 Å². The van der Waals surface area contributed by atoms with Crippen molar-refractivity contribution in [2.24, 2.45) is 0 Å². The van der Waals surface area contributed by atoms with E-state index in [1.807, 2.05) is 0 Å². The molecule has 0 saturated carbocycles. The molecule has 0 unspecified atom stereocenters. The van der Waals surface area contributed by atoms with Crippen molar-refractivity contribution in [3.8, 4) is 0 Å². The molecule has 1 saturated heterocycles. The molecular weight excluding hydrogens is 166 g/mol. The van der Waals surface area contributed by atoms with Crippen LogP contribution in [0.4, 0.5) is 0 Å². The minimum absolute atomic E-state index is 0.0717. The van der Waals surface area contributed by atoms with Crippen LogP contribution in [0.5, 0.6) is 0 Å². The van der Waals surface area contributed by atoms with Crippen molar-refractivity contribution in [1.82, 2.24) is 5.32 Å². The molecule has 0 aromatic heterocycles. The van der Waals surface area contributed by atoms with Gasteiger partial charge in [-0.3, -0.25) is 4.79 Å². The third-order valence-corrected chi connectivity index (χ3v) is 2.73. The Morgan fingerprint density at radius 3 is 2.60 bits per heavy atom. The highest BCUT2D eigenvalue weighted by Gasteiger charge is 2.48. The highest BCUT2D eigenvalue weighted by molar-refractivity contribution is 8.02. The topological polar surface area (TPSA) is 29.1 Å². The van der Waals surface area contributed by atoms with Gasteiger partial charge in [-0.2, -0.15) is 25.3 Å². The van der Waals surface area contributed by atoms with Gasteiger partial charge in [-0.25, -0.2) is 0 Å². The molecule has 0 radical (unpaired) electrons. The van der Waals surface area contributed by atoms with Gasteiger partial charge in [0.15, 0.2) is 4.08 Å². The van der Waals surface area contributed by atoms with Crippen LogP contribution in [0.1, 0.15) is 19.8 Å². The van der Waals surface area contributed by atoms with Crippen LogP contribution in [0.3, 0.4) is 0 Å². The summed E-state index contributed by atoms with van der Waals surface area (Å²) in [6.07, 6.45) is 2.01. The fourth-order valence-electron chi connectivity index (χ4n) is 1.01. The average molecular weight is 177 g/mol. The fraction of sp³-hybridized carbons (Fsp3) is 0.833. The van der Waals surface area contributed by atoms with Crippen LogP contribution in [0.2, 0.25) is 0 Å². The monoisotopic (exact) mass is 177 g/mol. The summed E-state index contributed by atoms with van der Waals surface area (Å²) in [5, 5.41) is 2.74. The molecule has 10 heavy (non-hydrogen) atoms. The number of β-lactam (4-membered cyclic amide) rings is 1. The van der Waals surface area contributed by atoms with E-state index in [1.54, 1.807) is 0 Å². The Balaban J connectivity index is 2.46. The lowest BCUT2D eigenvalue weighted by atomic mass is 10.00. The summed E-state index contributed by atoms with van der Waals surface area (Å²) in [6.45, 7) is 2.07. The normalized spacial score (nSPS) is 29.1. The number of thiol groups is 2. The van der Waals surface area contributed by atoms with E-state index in [4.69, 9.17) is 0 Å². The van der Waals surface area contributed by atoms with Crippen LogP contribution in [-0.4, -0.2) is 16.0 Å². The van der Waals surface area contributed by atoms with Crippen molar-refractivity contribution in [1.29, 1.82) is 0 Å². The van der Waals surface area contributed by atoms with Gasteiger partial charge in [0.2, 0.25) is 5.91 Å². The van der Waals surface area contributed by atoms with Gasteiger partial charge in [-0.15, -0.1) is 0 Å². The van der Waals surface area contributed by atoms with Gasteiger partial charge >= 0.3 is 0 Å². The Bertz CT molecular complexity index is 158. The maximum absolute atomic E-state index is 10.8. The number of amides is 1. The summed E-state index contributed by atoms with van der Waals surface area (Å²) in [7, 11) is 0. The first-order valence-corrected chi connectivity index (χ1v) is 4.24. The highest BCUT2D eigenvalue weighted by atomic mass is 32.2. The lowest BCUT2D eigenvalue weighted by Crippen LogP contribution is -2.66. The maximum atomic E-state index is 10.8. The summed E-state index contributed by atoms with van der Waals surface area (Å²) in [4.78, 5) is 10.8. The van der Waals surface area contributed by atoms with E-state index >= 15 is 0 Å². The van der Waals surface area contributed by atoms with Gasteiger partial charge in [0.05, 0.1) is 6.04 Å². The summed E-state index contributed by atoms with van der Waals surface area (Å²) in [6, 6.07) is 0.150. The van der Waals surface area contributed by atoms with E-state index in [-0.39, 0.29) is 11.9 Å². The lowest BCUT2D eigenvalue weighted by molar-refractivity contribution is -0.128. The van der Waals surface area contributed by atoms with Crippen molar-refractivity contribution in [2.75, 3.05) is 0 Å². The third kappa shape index (κ3) is 1.14. The van der Waals surface area contributed by atoms with E-state index < -0.39 is 4.08 Å². The molecule has 1 amide bonds. The molecule has 1 atom stereocenters. The number of carbonyl (C=O) groups is 1. The second kappa shape index (κ2) is 2.66. The third-order valence-electron chi connectivity index (χ3n) is 1.70. The van der Waals surface area contributed by atoms with Crippen molar-refractivity contribution < 1.29 is 4.79 Å². The Morgan fingerprint density at radius 2 is 2.30 bits per heavy atom. The molecule has 58 valence electrons. The van der Waals surface area contributed by atoms with E-state index in [0.717, 1.165) is 12.8 Å². The van der Waals surface area contributed by atoms with E-state index in [1.165, 1.54) is 0 Å². The summed E-state index contributed by atoms with van der Waals surface area (Å²) in [5.41, 5.74) is 0. The molecular formula is C6H11NOS2. The lowest BCUT2D eigenvalue weighted by Gasteiger charge is -2.41. The Morgan fingerprint density at radius 1 is 1.70 bits per heavy atom. The van der Waals surface area contributed by atoms with E-state index in [9.17, 15) is 4.79 Å². The van der Waals surface area contributed by atoms with Gasteiger partial charge in [0.1, 0.15) is 0 Å². The van der Waals surface area contributed by atoms with Gasteiger partial charge in [0, 0.05) is 0 Å². The molecule has 0 aromatic rings. The molecule has 4 heteroatoms. The quantitative estimate of drug-likeness (QED) is 0.326. The second-order valence-electron chi connectivity index (χ2n) is 2.54. The van der Waals surface area contributed by atoms with Gasteiger partial charge in [-0.05, 0) is 6.42 Å². The number of carbonyl (C=O) groups excluding carboxylic acids is 1. The van der Waals surface area contributed by atoms with Crippen LogP contribution >= 0.6 is 25.3 Å². The number of hydrogen-bond donors (Lipinski definition) is 3. The van der Waals surface area contributed by atoms with Crippen LogP contribution in [0, 0.1) is 0 Å². The molecule has 0 spiro atoms. The Hall–Kier alpha value is 0.170. The first kappa shape index (κ1) is 8.27. The highest BCUT2D eigenvalue weighted by Crippen LogP contribution is 2.34. The Kier molecular flexibility index (Phi) is 2.20. The molecule has 1 aliphatic heterocycles. The molecule has 0 aliphatic carbocycles. The molecule has 0 bridgehead atoms. The fourth-order valence-corrected chi connectivity index (χ4v) is 1.52. The second-order valence-corrected chi connectivity index (χ2v) is 4.30. The smallest absolute Gasteiger partial charge is 0.248 e. The van der Waals surface area contributed by atoms with Gasteiger partial charge in [0.25, 0.3) is 0 Å². The number of nitrogens with one attached hydrogen (secondary N) is 1. The zero-order valence-corrected chi connectivity index (χ0v) is 7.58. The molecule has 1 rings (SSSR count). The Labute approximate surface area is 71.6 Å². The predicted molar refractivity (Wildman–Crippen MR) is 47.5 cm³/mol. The SMILES string of the molecule is CCC[C@@H]1NC(=O)C1(S)S.